The number of amides is 2. The predicted octanol–water partition coefficient (Wildman–Crippen LogP) is 1.45. The molecule has 0 spiro atoms. The smallest absolute Gasteiger partial charge is 0.328 e. The molecular formula is C19H28N2O5. The van der Waals surface area contributed by atoms with Crippen LogP contribution in [0.5, 0.6) is 5.75 Å². The highest BCUT2D eigenvalue weighted by molar-refractivity contribution is 5.90. The molecule has 26 heavy (non-hydrogen) atoms. The molecule has 0 fully saturated rings. The zero-order chi connectivity index (χ0) is 19.7. The molecule has 1 aromatic rings. The van der Waals surface area contributed by atoms with E-state index in [9.17, 15) is 14.4 Å². The topological polar surface area (TPSA) is 93.7 Å². The van der Waals surface area contributed by atoms with Gasteiger partial charge in [0, 0.05) is 13.3 Å². The monoisotopic (exact) mass is 364 g/mol. The summed E-state index contributed by atoms with van der Waals surface area (Å²) in [6, 6.07) is 5.66. The van der Waals surface area contributed by atoms with Crippen LogP contribution in [0.3, 0.4) is 0 Å². The molecule has 0 heterocycles. The van der Waals surface area contributed by atoms with E-state index >= 15 is 0 Å². The van der Waals surface area contributed by atoms with Crippen LogP contribution in [0.15, 0.2) is 24.3 Å². The Kier molecular flexibility index (Phi) is 8.61. The number of esters is 1. The number of nitrogens with one attached hydrogen (secondary N) is 2. The molecule has 0 saturated carbocycles. The van der Waals surface area contributed by atoms with Crippen LogP contribution in [0.25, 0.3) is 0 Å². The Balaban J connectivity index is 2.88. The highest BCUT2D eigenvalue weighted by Crippen LogP contribution is 2.13. The minimum absolute atomic E-state index is 0.204. The van der Waals surface area contributed by atoms with Gasteiger partial charge in [-0.25, -0.2) is 4.79 Å². The second kappa shape index (κ2) is 10.4. The van der Waals surface area contributed by atoms with Crippen molar-refractivity contribution < 1.29 is 23.9 Å². The fraction of sp³-hybridized carbons (Fsp3) is 0.526. The average molecular weight is 364 g/mol. The van der Waals surface area contributed by atoms with Crippen molar-refractivity contribution in [3.05, 3.63) is 29.8 Å². The van der Waals surface area contributed by atoms with Gasteiger partial charge in [0.05, 0.1) is 14.2 Å². The Morgan fingerprint density at radius 1 is 1.00 bits per heavy atom. The Bertz CT molecular complexity index is 613. The molecule has 2 amide bonds. The van der Waals surface area contributed by atoms with Crippen molar-refractivity contribution in [3.8, 4) is 5.75 Å². The van der Waals surface area contributed by atoms with Gasteiger partial charge in [0.25, 0.3) is 0 Å². The number of ether oxygens (including phenoxy) is 2. The van der Waals surface area contributed by atoms with Gasteiger partial charge in [-0.3, -0.25) is 9.59 Å². The summed E-state index contributed by atoms with van der Waals surface area (Å²) in [6.07, 6.45) is 0.749. The third kappa shape index (κ3) is 7.13. The number of methoxy groups -OCH3 is 2. The fourth-order valence-electron chi connectivity index (χ4n) is 2.55. The van der Waals surface area contributed by atoms with E-state index in [0.29, 0.717) is 12.2 Å². The van der Waals surface area contributed by atoms with Crippen LogP contribution in [-0.4, -0.2) is 44.1 Å². The maximum atomic E-state index is 12.6. The first-order valence-corrected chi connectivity index (χ1v) is 8.55. The molecule has 2 atom stereocenters. The van der Waals surface area contributed by atoms with Crippen molar-refractivity contribution in [2.24, 2.45) is 5.92 Å². The van der Waals surface area contributed by atoms with E-state index in [1.165, 1.54) is 14.0 Å². The molecule has 2 N–H and O–H groups in total. The summed E-state index contributed by atoms with van der Waals surface area (Å²) in [5, 5.41) is 5.33. The van der Waals surface area contributed by atoms with Crippen molar-refractivity contribution in [2.75, 3.05) is 14.2 Å². The number of benzene rings is 1. The van der Waals surface area contributed by atoms with Crippen molar-refractivity contribution in [1.29, 1.82) is 0 Å². The lowest BCUT2D eigenvalue weighted by molar-refractivity contribution is -0.145. The highest BCUT2D eigenvalue weighted by atomic mass is 16.5. The highest BCUT2D eigenvalue weighted by Gasteiger charge is 2.27. The number of hydrogen-bond donors (Lipinski definition) is 2. The van der Waals surface area contributed by atoms with Crippen LogP contribution in [0.2, 0.25) is 0 Å². The molecule has 0 radical (unpaired) electrons. The van der Waals surface area contributed by atoms with Gasteiger partial charge < -0.3 is 20.1 Å². The summed E-state index contributed by atoms with van der Waals surface area (Å²) in [5.74, 6) is -0.334. The standard InChI is InChI=1S/C19H28N2O5/c1-12(2)10-16(20-13(3)22)18(23)21-17(19(24)26-5)11-14-6-8-15(25-4)9-7-14/h6-9,12,16-17H,10-11H2,1-5H3,(H,20,22)(H,21,23)/t16-,17+/m0/s1. The Labute approximate surface area is 154 Å². The SMILES string of the molecule is COC(=O)[C@@H](Cc1ccc(OC)cc1)NC(=O)[C@H](CC(C)C)NC(C)=O. The Hall–Kier alpha value is -2.57. The van der Waals surface area contributed by atoms with Crippen LogP contribution < -0.4 is 15.4 Å². The predicted molar refractivity (Wildman–Crippen MR) is 97.7 cm³/mol. The lowest BCUT2D eigenvalue weighted by Gasteiger charge is -2.23. The molecule has 1 rings (SSSR count). The molecule has 7 heteroatoms. The molecule has 0 bridgehead atoms. The minimum atomic E-state index is -0.843. The van der Waals surface area contributed by atoms with Crippen LogP contribution in [0.4, 0.5) is 0 Å². The van der Waals surface area contributed by atoms with E-state index in [0.717, 1.165) is 5.56 Å². The number of rotatable bonds is 9. The van der Waals surface area contributed by atoms with Crippen molar-refractivity contribution >= 4 is 17.8 Å². The van der Waals surface area contributed by atoms with Gasteiger partial charge in [0.1, 0.15) is 17.8 Å². The summed E-state index contributed by atoms with van der Waals surface area (Å²) >= 11 is 0. The number of carbonyl (C=O) groups is 3. The summed E-state index contributed by atoms with van der Waals surface area (Å²) < 4.78 is 9.92. The van der Waals surface area contributed by atoms with Crippen LogP contribution in [-0.2, 0) is 25.5 Å². The lowest BCUT2D eigenvalue weighted by atomic mass is 10.0. The molecule has 0 saturated heterocycles. The van der Waals surface area contributed by atoms with Crippen LogP contribution in [0.1, 0.15) is 32.8 Å². The van der Waals surface area contributed by atoms with Gasteiger partial charge in [-0.2, -0.15) is 0 Å². The van der Waals surface area contributed by atoms with E-state index in [4.69, 9.17) is 9.47 Å². The first-order valence-electron chi connectivity index (χ1n) is 8.55. The lowest BCUT2D eigenvalue weighted by Crippen LogP contribution is -2.52. The third-order valence-corrected chi connectivity index (χ3v) is 3.80. The molecule has 0 aliphatic carbocycles. The molecule has 0 aliphatic rings. The maximum Gasteiger partial charge on any atom is 0.328 e. The summed E-state index contributed by atoms with van der Waals surface area (Å²) in [6.45, 7) is 5.27. The maximum absolute atomic E-state index is 12.6. The Morgan fingerprint density at radius 2 is 1.62 bits per heavy atom. The number of carbonyl (C=O) groups excluding carboxylic acids is 3. The summed E-state index contributed by atoms with van der Waals surface area (Å²) in [5.41, 5.74) is 0.849. The quantitative estimate of drug-likeness (QED) is 0.647. The van der Waals surface area contributed by atoms with Gasteiger partial charge >= 0.3 is 5.97 Å². The molecule has 0 unspecified atom stereocenters. The number of hydrogen-bond acceptors (Lipinski definition) is 5. The molecule has 144 valence electrons. The summed E-state index contributed by atoms with van der Waals surface area (Å²) in [7, 11) is 2.85. The van der Waals surface area contributed by atoms with Crippen LogP contribution >= 0.6 is 0 Å². The second-order valence-electron chi connectivity index (χ2n) is 6.52. The first kappa shape index (κ1) is 21.5. The fourth-order valence-corrected chi connectivity index (χ4v) is 2.55. The van der Waals surface area contributed by atoms with Gasteiger partial charge in [-0.15, -0.1) is 0 Å². The average Bonchev–Trinajstić information content (AvgIpc) is 2.59. The largest absolute Gasteiger partial charge is 0.497 e. The zero-order valence-electron chi connectivity index (χ0n) is 16.0. The summed E-state index contributed by atoms with van der Waals surface area (Å²) in [4.78, 5) is 36.0. The van der Waals surface area contributed by atoms with E-state index in [1.54, 1.807) is 19.2 Å². The van der Waals surface area contributed by atoms with Crippen LogP contribution in [0, 0.1) is 5.92 Å². The van der Waals surface area contributed by atoms with Gasteiger partial charge in [-0.1, -0.05) is 26.0 Å². The minimum Gasteiger partial charge on any atom is -0.497 e. The van der Waals surface area contributed by atoms with Gasteiger partial charge in [-0.05, 0) is 30.0 Å². The van der Waals surface area contributed by atoms with E-state index in [2.05, 4.69) is 10.6 Å². The molecule has 0 aliphatic heterocycles. The molecular weight excluding hydrogens is 336 g/mol. The van der Waals surface area contributed by atoms with E-state index in [-0.39, 0.29) is 18.2 Å². The van der Waals surface area contributed by atoms with E-state index < -0.39 is 24.0 Å². The van der Waals surface area contributed by atoms with Crippen molar-refractivity contribution in [1.82, 2.24) is 10.6 Å². The zero-order valence-corrected chi connectivity index (χ0v) is 16.0. The van der Waals surface area contributed by atoms with Gasteiger partial charge in [0.2, 0.25) is 11.8 Å². The second-order valence-corrected chi connectivity index (χ2v) is 6.52. The molecule has 7 nitrogen and oxygen atoms in total. The van der Waals surface area contributed by atoms with Gasteiger partial charge in [0.15, 0.2) is 0 Å². The van der Waals surface area contributed by atoms with E-state index in [1.807, 2.05) is 26.0 Å². The third-order valence-electron chi connectivity index (χ3n) is 3.80. The molecule has 0 aromatic heterocycles. The normalized spacial score (nSPS) is 12.8. The Morgan fingerprint density at radius 3 is 2.08 bits per heavy atom. The van der Waals surface area contributed by atoms with Crippen molar-refractivity contribution in [3.63, 3.8) is 0 Å². The van der Waals surface area contributed by atoms with Crippen molar-refractivity contribution in [2.45, 2.75) is 45.7 Å². The first-order chi connectivity index (χ1) is 12.3. The molecule has 1 aromatic carbocycles.